The minimum atomic E-state index is 0. The lowest BCUT2D eigenvalue weighted by atomic mass is 10.2. The van der Waals surface area contributed by atoms with Crippen molar-refractivity contribution in [2.24, 2.45) is 4.99 Å². The summed E-state index contributed by atoms with van der Waals surface area (Å²) in [7, 11) is 1.86. The van der Waals surface area contributed by atoms with E-state index in [9.17, 15) is 0 Å². The maximum atomic E-state index is 4.40. The summed E-state index contributed by atoms with van der Waals surface area (Å²) in [5.41, 5.74) is 1.35. The molecule has 1 aromatic heterocycles. The number of benzene rings is 1. The van der Waals surface area contributed by atoms with Gasteiger partial charge >= 0.3 is 0 Å². The fourth-order valence-corrected chi connectivity index (χ4v) is 4.38. The second-order valence-corrected chi connectivity index (χ2v) is 7.45. The van der Waals surface area contributed by atoms with Crippen LogP contribution in [0.4, 0.5) is 0 Å². The molecular formula is C18H25IN4S. The van der Waals surface area contributed by atoms with Crippen molar-refractivity contribution in [1.29, 1.82) is 0 Å². The lowest BCUT2D eigenvalue weighted by Crippen LogP contribution is -2.44. The monoisotopic (exact) mass is 456 g/mol. The van der Waals surface area contributed by atoms with Crippen molar-refractivity contribution in [3.8, 4) is 0 Å². The summed E-state index contributed by atoms with van der Waals surface area (Å²) in [6.45, 7) is 3.21. The zero-order valence-electron chi connectivity index (χ0n) is 14.0. The molecule has 1 aromatic carbocycles. The highest BCUT2D eigenvalue weighted by atomic mass is 127. The topological polar surface area (TPSA) is 39.7 Å². The van der Waals surface area contributed by atoms with E-state index in [4.69, 9.17) is 0 Å². The molecule has 1 unspecified atom stereocenters. The van der Waals surface area contributed by atoms with Crippen LogP contribution in [-0.2, 0) is 6.54 Å². The summed E-state index contributed by atoms with van der Waals surface area (Å²) in [5, 5.41) is 10.7. The summed E-state index contributed by atoms with van der Waals surface area (Å²) in [6, 6.07) is 9.99. The number of halogens is 1. The first-order chi connectivity index (χ1) is 11.3. The number of nitrogens with one attached hydrogen (secondary N) is 2. The molecular weight excluding hydrogens is 431 g/mol. The fraction of sp³-hybridized carbons (Fsp3) is 0.500. The van der Waals surface area contributed by atoms with Crippen LogP contribution in [0.15, 0.2) is 34.6 Å². The van der Waals surface area contributed by atoms with Crippen LogP contribution in [0, 0.1) is 0 Å². The molecule has 0 bridgehead atoms. The molecule has 1 aliphatic carbocycles. The first kappa shape index (κ1) is 17.9. The molecule has 0 spiro atoms. The Morgan fingerprint density at radius 1 is 1.29 bits per heavy atom. The SMILES string of the molecule is CN=C(NCc1csc2ccccc12)NC1CCN(C2CC2)C1.I. The Balaban J connectivity index is 0.00000169. The van der Waals surface area contributed by atoms with E-state index in [1.54, 1.807) is 0 Å². The van der Waals surface area contributed by atoms with E-state index in [1.807, 2.05) is 18.4 Å². The quantitative estimate of drug-likeness (QED) is 0.421. The normalized spacial score (nSPS) is 21.7. The van der Waals surface area contributed by atoms with E-state index in [1.165, 1.54) is 41.5 Å². The molecule has 24 heavy (non-hydrogen) atoms. The van der Waals surface area contributed by atoms with Gasteiger partial charge in [0.15, 0.2) is 5.96 Å². The first-order valence-electron chi connectivity index (χ1n) is 8.50. The van der Waals surface area contributed by atoms with Crippen molar-refractivity contribution in [2.45, 2.75) is 37.9 Å². The third kappa shape index (κ3) is 4.03. The second-order valence-electron chi connectivity index (χ2n) is 6.54. The predicted octanol–water partition coefficient (Wildman–Crippen LogP) is 3.42. The molecule has 1 saturated carbocycles. The van der Waals surface area contributed by atoms with Crippen LogP contribution < -0.4 is 10.6 Å². The number of rotatable bonds is 4. The number of thiophene rings is 1. The lowest BCUT2D eigenvalue weighted by molar-refractivity contribution is 0.321. The Morgan fingerprint density at radius 3 is 2.92 bits per heavy atom. The maximum Gasteiger partial charge on any atom is 0.191 e. The predicted molar refractivity (Wildman–Crippen MR) is 114 cm³/mol. The van der Waals surface area contributed by atoms with E-state index >= 15 is 0 Å². The Morgan fingerprint density at radius 2 is 2.12 bits per heavy atom. The van der Waals surface area contributed by atoms with Crippen molar-refractivity contribution >= 4 is 51.4 Å². The van der Waals surface area contributed by atoms with Crippen LogP contribution in [0.3, 0.4) is 0 Å². The van der Waals surface area contributed by atoms with Crippen LogP contribution in [-0.4, -0.2) is 43.1 Å². The van der Waals surface area contributed by atoms with Crippen LogP contribution in [0.25, 0.3) is 10.1 Å². The van der Waals surface area contributed by atoms with Gasteiger partial charge in [-0.15, -0.1) is 35.3 Å². The number of aliphatic imine (C=N–C) groups is 1. The fourth-order valence-electron chi connectivity index (χ4n) is 3.41. The third-order valence-electron chi connectivity index (χ3n) is 4.85. The van der Waals surface area contributed by atoms with Crippen LogP contribution >= 0.6 is 35.3 Å². The molecule has 0 radical (unpaired) electrons. The number of hydrogen-bond acceptors (Lipinski definition) is 3. The minimum Gasteiger partial charge on any atom is -0.352 e. The van der Waals surface area contributed by atoms with Crippen molar-refractivity contribution < 1.29 is 0 Å². The van der Waals surface area contributed by atoms with E-state index in [0.717, 1.165) is 25.1 Å². The molecule has 4 nitrogen and oxygen atoms in total. The average molecular weight is 456 g/mol. The van der Waals surface area contributed by atoms with E-state index in [0.29, 0.717) is 6.04 Å². The molecule has 2 aromatic rings. The van der Waals surface area contributed by atoms with E-state index in [-0.39, 0.29) is 24.0 Å². The van der Waals surface area contributed by atoms with Gasteiger partial charge in [0.25, 0.3) is 0 Å². The summed E-state index contributed by atoms with van der Waals surface area (Å²) < 4.78 is 1.35. The third-order valence-corrected chi connectivity index (χ3v) is 5.87. The van der Waals surface area contributed by atoms with Crippen LogP contribution in [0.2, 0.25) is 0 Å². The van der Waals surface area contributed by atoms with Crippen LogP contribution in [0.1, 0.15) is 24.8 Å². The molecule has 2 heterocycles. The Labute approximate surface area is 164 Å². The summed E-state index contributed by atoms with van der Waals surface area (Å²) in [6.07, 6.45) is 4.01. The smallest absolute Gasteiger partial charge is 0.191 e. The highest BCUT2D eigenvalue weighted by Gasteiger charge is 2.34. The number of nitrogens with zero attached hydrogens (tertiary/aromatic N) is 2. The van der Waals surface area contributed by atoms with Crippen molar-refractivity contribution in [2.75, 3.05) is 20.1 Å². The summed E-state index contributed by atoms with van der Waals surface area (Å²) >= 11 is 1.81. The largest absolute Gasteiger partial charge is 0.352 e. The van der Waals surface area contributed by atoms with E-state index in [2.05, 4.69) is 50.2 Å². The van der Waals surface area contributed by atoms with Crippen molar-refractivity contribution in [3.05, 3.63) is 35.2 Å². The maximum absolute atomic E-state index is 4.40. The molecule has 130 valence electrons. The number of likely N-dealkylation sites (tertiary alicyclic amines) is 1. The van der Waals surface area contributed by atoms with Gasteiger partial charge in [-0.1, -0.05) is 18.2 Å². The standard InChI is InChI=1S/C18H24N4S.HI/c1-19-18(21-14-8-9-22(11-14)15-6-7-15)20-10-13-12-23-17-5-3-2-4-16(13)17;/h2-5,12,14-15H,6-11H2,1H3,(H2,19,20,21);1H. The zero-order chi connectivity index (χ0) is 15.6. The average Bonchev–Trinajstić information content (AvgIpc) is 3.19. The number of guanidine groups is 1. The lowest BCUT2D eigenvalue weighted by Gasteiger charge is -2.18. The second kappa shape index (κ2) is 8.01. The molecule has 6 heteroatoms. The molecule has 2 aliphatic rings. The zero-order valence-corrected chi connectivity index (χ0v) is 17.1. The molecule has 0 amide bonds. The Bertz CT molecular complexity index is 710. The Kier molecular flexibility index (Phi) is 5.99. The van der Waals surface area contributed by atoms with Gasteiger partial charge in [-0.05, 0) is 41.7 Å². The van der Waals surface area contributed by atoms with Gasteiger partial charge in [-0.3, -0.25) is 9.89 Å². The molecule has 2 N–H and O–H groups in total. The highest BCUT2D eigenvalue weighted by molar-refractivity contribution is 14.0. The minimum absolute atomic E-state index is 0. The van der Waals surface area contributed by atoms with Gasteiger partial charge in [0.05, 0.1) is 0 Å². The number of hydrogen-bond donors (Lipinski definition) is 2. The highest BCUT2D eigenvalue weighted by Crippen LogP contribution is 2.29. The van der Waals surface area contributed by atoms with Gasteiger partial charge in [0.1, 0.15) is 0 Å². The summed E-state index contributed by atoms with van der Waals surface area (Å²) in [5.74, 6) is 0.919. The van der Waals surface area contributed by atoms with Crippen molar-refractivity contribution in [1.82, 2.24) is 15.5 Å². The van der Waals surface area contributed by atoms with Crippen LogP contribution in [0.5, 0.6) is 0 Å². The van der Waals surface area contributed by atoms with Gasteiger partial charge in [-0.25, -0.2) is 0 Å². The Hall–Kier alpha value is -0.860. The molecule has 4 rings (SSSR count). The molecule has 1 aliphatic heterocycles. The van der Waals surface area contributed by atoms with Crippen molar-refractivity contribution in [3.63, 3.8) is 0 Å². The molecule has 1 saturated heterocycles. The van der Waals surface area contributed by atoms with Gasteiger partial charge in [-0.2, -0.15) is 0 Å². The van der Waals surface area contributed by atoms with Gasteiger partial charge < -0.3 is 10.6 Å². The summed E-state index contributed by atoms with van der Waals surface area (Å²) in [4.78, 5) is 7.02. The van der Waals surface area contributed by atoms with Gasteiger partial charge in [0.2, 0.25) is 0 Å². The van der Waals surface area contributed by atoms with Gasteiger partial charge in [0, 0.05) is 43.5 Å². The first-order valence-corrected chi connectivity index (χ1v) is 9.38. The number of fused-ring (bicyclic) bond motifs is 1. The van der Waals surface area contributed by atoms with E-state index < -0.39 is 0 Å². The molecule has 1 atom stereocenters. The molecule has 2 fully saturated rings.